The summed E-state index contributed by atoms with van der Waals surface area (Å²) in [6.07, 6.45) is 1.23. The molecule has 2 heterocycles. The lowest BCUT2D eigenvalue weighted by atomic mass is 10.0. The van der Waals surface area contributed by atoms with Gasteiger partial charge in [0.25, 0.3) is 5.91 Å². The van der Waals surface area contributed by atoms with Crippen molar-refractivity contribution < 1.29 is 19.1 Å². The van der Waals surface area contributed by atoms with Crippen molar-refractivity contribution in [3.05, 3.63) is 35.9 Å². The van der Waals surface area contributed by atoms with Crippen molar-refractivity contribution in [1.29, 1.82) is 0 Å². The number of hydrogen-bond donors (Lipinski definition) is 1. The molecule has 1 N–H and O–H groups in total. The molecule has 0 unspecified atom stereocenters. The van der Waals surface area contributed by atoms with Crippen molar-refractivity contribution in [3.63, 3.8) is 0 Å². The number of piperidine rings is 1. The van der Waals surface area contributed by atoms with Crippen molar-refractivity contribution in [1.82, 2.24) is 15.1 Å². The van der Waals surface area contributed by atoms with Gasteiger partial charge < -0.3 is 19.9 Å². The lowest BCUT2D eigenvalue weighted by Crippen LogP contribution is -2.49. The molecule has 2 fully saturated rings. The minimum Gasteiger partial charge on any atom is -0.448 e. The van der Waals surface area contributed by atoms with Crippen LogP contribution in [0.15, 0.2) is 30.3 Å². The van der Waals surface area contributed by atoms with Crippen LogP contribution in [0.2, 0.25) is 0 Å². The average Bonchev–Trinajstić information content (AvgIpc) is 3.06. The molecule has 0 radical (unpaired) electrons. The number of nitrogens with one attached hydrogen (secondary N) is 1. The number of amides is 3. The number of nitrogens with zero attached hydrogens (tertiary/aromatic N) is 2. The molecule has 128 valence electrons. The Morgan fingerprint density at radius 3 is 2.46 bits per heavy atom. The number of carbonyl (C=O) groups excluding carboxylic acids is 3. The molecule has 3 rings (SSSR count). The van der Waals surface area contributed by atoms with Gasteiger partial charge in [0.05, 0.1) is 13.1 Å². The number of ether oxygens (including phenoxy) is 1. The van der Waals surface area contributed by atoms with E-state index in [4.69, 9.17) is 4.74 Å². The van der Waals surface area contributed by atoms with E-state index in [9.17, 15) is 14.4 Å². The highest BCUT2D eigenvalue weighted by molar-refractivity contribution is 5.96. The summed E-state index contributed by atoms with van der Waals surface area (Å²) in [6.45, 7) is 2.25. The van der Waals surface area contributed by atoms with E-state index in [1.807, 2.05) is 6.07 Å². The van der Waals surface area contributed by atoms with Crippen LogP contribution in [0.1, 0.15) is 23.2 Å². The average molecular weight is 331 g/mol. The smallest absolute Gasteiger partial charge is 0.410 e. The molecule has 0 saturated carbocycles. The molecular weight excluding hydrogens is 310 g/mol. The van der Waals surface area contributed by atoms with Crippen LogP contribution in [0.5, 0.6) is 0 Å². The zero-order chi connectivity index (χ0) is 16.9. The van der Waals surface area contributed by atoms with Gasteiger partial charge in [-0.3, -0.25) is 9.59 Å². The summed E-state index contributed by atoms with van der Waals surface area (Å²) in [5.41, 5.74) is 0.538. The number of carbonyl (C=O) groups is 3. The molecule has 1 aromatic carbocycles. The summed E-state index contributed by atoms with van der Waals surface area (Å²) in [6, 6.07) is 8.96. The van der Waals surface area contributed by atoms with E-state index in [0.29, 0.717) is 31.8 Å². The molecule has 0 atom stereocenters. The summed E-state index contributed by atoms with van der Waals surface area (Å²) in [5.74, 6) is -0.347. The number of benzene rings is 1. The zero-order valence-corrected chi connectivity index (χ0v) is 13.4. The van der Waals surface area contributed by atoms with Gasteiger partial charge >= 0.3 is 6.09 Å². The summed E-state index contributed by atoms with van der Waals surface area (Å²) >= 11 is 0. The van der Waals surface area contributed by atoms with Gasteiger partial charge in [0.2, 0.25) is 5.91 Å². The summed E-state index contributed by atoms with van der Waals surface area (Å²) in [4.78, 5) is 39.3. The predicted octanol–water partition coefficient (Wildman–Crippen LogP) is 0.860. The van der Waals surface area contributed by atoms with E-state index in [-0.39, 0.29) is 30.5 Å². The minimum absolute atomic E-state index is 0.00977. The second-order valence-electron chi connectivity index (χ2n) is 5.97. The number of hydrogen-bond acceptors (Lipinski definition) is 4. The largest absolute Gasteiger partial charge is 0.448 e. The molecule has 2 aliphatic heterocycles. The van der Waals surface area contributed by atoms with Crippen molar-refractivity contribution in [3.8, 4) is 0 Å². The van der Waals surface area contributed by atoms with E-state index in [1.54, 1.807) is 34.1 Å². The van der Waals surface area contributed by atoms with Crippen LogP contribution in [0, 0.1) is 0 Å². The van der Waals surface area contributed by atoms with Crippen LogP contribution in [0.25, 0.3) is 0 Å². The van der Waals surface area contributed by atoms with Crippen molar-refractivity contribution >= 4 is 17.9 Å². The van der Waals surface area contributed by atoms with Gasteiger partial charge in [-0.15, -0.1) is 0 Å². The summed E-state index contributed by atoms with van der Waals surface area (Å²) < 4.78 is 4.96. The second kappa shape index (κ2) is 7.33. The second-order valence-corrected chi connectivity index (χ2v) is 5.97. The van der Waals surface area contributed by atoms with Crippen LogP contribution < -0.4 is 5.32 Å². The molecule has 7 heteroatoms. The molecule has 0 spiro atoms. The Labute approximate surface area is 140 Å². The van der Waals surface area contributed by atoms with Gasteiger partial charge in [-0.25, -0.2) is 4.79 Å². The highest BCUT2D eigenvalue weighted by Crippen LogP contribution is 2.19. The van der Waals surface area contributed by atoms with Crippen molar-refractivity contribution in [2.75, 3.05) is 32.8 Å². The first kappa shape index (κ1) is 16.3. The SMILES string of the molecule is O=C(NCC(=O)N1CCC(N2CCOC2=O)CC1)c1ccccc1. The summed E-state index contributed by atoms with van der Waals surface area (Å²) in [7, 11) is 0. The van der Waals surface area contributed by atoms with Gasteiger partial charge in [-0.1, -0.05) is 18.2 Å². The third-order valence-corrected chi connectivity index (χ3v) is 4.49. The molecular formula is C17H21N3O4. The van der Waals surface area contributed by atoms with Gasteiger partial charge in [0.1, 0.15) is 6.61 Å². The molecule has 7 nitrogen and oxygen atoms in total. The predicted molar refractivity (Wildman–Crippen MR) is 86.4 cm³/mol. The first-order valence-corrected chi connectivity index (χ1v) is 8.19. The van der Waals surface area contributed by atoms with Crippen molar-refractivity contribution in [2.24, 2.45) is 0 Å². The van der Waals surface area contributed by atoms with Gasteiger partial charge in [0.15, 0.2) is 0 Å². The van der Waals surface area contributed by atoms with Crippen LogP contribution in [-0.2, 0) is 9.53 Å². The molecule has 3 amide bonds. The first-order valence-electron chi connectivity index (χ1n) is 8.19. The van der Waals surface area contributed by atoms with Crippen LogP contribution in [0.4, 0.5) is 4.79 Å². The minimum atomic E-state index is -0.255. The Morgan fingerprint density at radius 1 is 1.12 bits per heavy atom. The highest BCUT2D eigenvalue weighted by atomic mass is 16.6. The lowest BCUT2D eigenvalue weighted by molar-refractivity contribution is -0.131. The Balaban J connectivity index is 1.44. The standard InChI is InChI=1S/C17H21N3O4/c21-15(12-18-16(22)13-4-2-1-3-5-13)19-8-6-14(7-9-19)20-10-11-24-17(20)23/h1-5,14H,6-12H2,(H,18,22). The third kappa shape index (κ3) is 3.67. The van der Waals surface area contributed by atoms with E-state index in [2.05, 4.69) is 5.32 Å². The molecule has 1 aromatic rings. The van der Waals surface area contributed by atoms with Gasteiger partial charge in [0, 0.05) is 24.7 Å². The maximum absolute atomic E-state index is 12.2. The fourth-order valence-corrected chi connectivity index (χ4v) is 3.12. The monoisotopic (exact) mass is 331 g/mol. The molecule has 0 aromatic heterocycles. The third-order valence-electron chi connectivity index (χ3n) is 4.49. The van der Waals surface area contributed by atoms with Crippen LogP contribution in [-0.4, -0.2) is 66.5 Å². The summed E-state index contributed by atoms with van der Waals surface area (Å²) in [5, 5.41) is 2.65. The molecule has 24 heavy (non-hydrogen) atoms. The van der Waals surface area contributed by atoms with Gasteiger partial charge in [-0.05, 0) is 25.0 Å². The van der Waals surface area contributed by atoms with Crippen LogP contribution in [0.3, 0.4) is 0 Å². The highest BCUT2D eigenvalue weighted by Gasteiger charge is 2.33. The van der Waals surface area contributed by atoms with E-state index < -0.39 is 0 Å². The first-order chi connectivity index (χ1) is 11.6. The lowest BCUT2D eigenvalue weighted by Gasteiger charge is -2.35. The fourth-order valence-electron chi connectivity index (χ4n) is 3.12. The fraction of sp³-hybridized carbons (Fsp3) is 0.471. The number of likely N-dealkylation sites (tertiary alicyclic amines) is 1. The zero-order valence-electron chi connectivity index (χ0n) is 13.4. The molecule has 0 aliphatic carbocycles. The van der Waals surface area contributed by atoms with Crippen LogP contribution >= 0.6 is 0 Å². The quantitative estimate of drug-likeness (QED) is 0.887. The Morgan fingerprint density at radius 2 is 1.83 bits per heavy atom. The van der Waals surface area contributed by atoms with E-state index >= 15 is 0 Å². The molecule has 2 aliphatic rings. The maximum atomic E-state index is 12.2. The van der Waals surface area contributed by atoms with Gasteiger partial charge in [-0.2, -0.15) is 0 Å². The Bertz CT molecular complexity index is 612. The topological polar surface area (TPSA) is 79.0 Å². The molecule has 2 saturated heterocycles. The Kier molecular flexibility index (Phi) is 4.98. The van der Waals surface area contributed by atoms with Crippen molar-refractivity contribution in [2.45, 2.75) is 18.9 Å². The maximum Gasteiger partial charge on any atom is 0.410 e. The molecule has 0 bridgehead atoms. The number of rotatable bonds is 4. The van der Waals surface area contributed by atoms with E-state index in [0.717, 1.165) is 12.8 Å². The Hall–Kier alpha value is -2.57. The normalized spacial score (nSPS) is 18.4. The van der Waals surface area contributed by atoms with E-state index in [1.165, 1.54) is 0 Å². The number of cyclic esters (lactones) is 1.